The second-order valence-electron chi connectivity index (χ2n) is 4.32. The van der Waals surface area contributed by atoms with Gasteiger partial charge in [-0.25, -0.2) is 18.1 Å². The molecule has 0 saturated carbocycles. The number of rotatable bonds is 5. The van der Waals surface area contributed by atoms with Crippen LogP contribution in [0.1, 0.15) is 25.7 Å². The predicted octanol–water partition coefficient (Wildman–Crippen LogP) is 0.145. The van der Waals surface area contributed by atoms with E-state index in [4.69, 9.17) is 0 Å². The minimum Gasteiger partial charge on any atom is -0.314 e. The molecule has 0 radical (unpaired) electrons. The summed E-state index contributed by atoms with van der Waals surface area (Å²) in [4.78, 5) is 3.78. The van der Waals surface area contributed by atoms with Crippen LogP contribution in [0.4, 0.5) is 5.95 Å². The summed E-state index contributed by atoms with van der Waals surface area (Å²) in [5.74, 6) is 0.0947. The summed E-state index contributed by atoms with van der Waals surface area (Å²) in [5, 5.41) is 10.5. The molecule has 7 nitrogen and oxygen atoms in total. The highest BCUT2D eigenvalue weighted by atomic mass is 32.2. The molecule has 8 heteroatoms. The van der Waals surface area contributed by atoms with Gasteiger partial charge < -0.3 is 5.32 Å². The summed E-state index contributed by atoms with van der Waals surface area (Å²) < 4.78 is 25.9. The number of nitrogens with zero attached hydrogens (tertiary/aromatic N) is 3. The first-order valence-corrected chi connectivity index (χ1v) is 7.68. The van der Waals surface area contributed by atoms with E-state index in [9.17, 15) is 8.42 Å². The lowest BCUT2D eigenvalue weighted by Gasteiger charge is -2.23. The van der Waals surface area contributed by atoms with E-state index in [1.807, 2.05) is 0 Å². The van der Waals surface area contributed by atoms with E-state index in [-0.39, 0.29) is 11.7 Å². The molecular formula is C10H17N5O2S. The van der Waals surface area contributed by atoms with Gasteiger partial charge in [-0.2, -0.15) is 5.10 Å². The Balaban J connectivity index is 1.83. The number of hydrogen-bond acceptors (Lipinski definition) is 6. The Bertz CT molecular complexity index is 458. The van der Waals surface area contributed by atoms with Crippen molar-refractivity contribution in [3.63, 3.8) is 0 Å². The second kappa shape index (κ2) is 6.05. The van der Waals surface area contributed by atoms with E-state index < -0.39 is 10.0 Å². The third-order valence-corrected chi connectivity index (χ3v) is 4.14. The largest absolute Gasteiger partial charge is 0.314 e. The van der Waals surface area contributed by atoms with E-state index in [0.717, 1.165) is 19.4 Å². The Morgan fingerprint density at radius 3 is 2.94 bits per heavy atom. The van der Waals surface area contributed by atoms with Crippen molar-refractivity contribution in [2.45, 2.75) is 31.7 Å². The van der Waals surface area contributed by atoms with E-state index >= 15 is 0 Å². The smallest absolute Gasteiger partial charge is 0.256 e. The van der Waals surface area contributed by atoms with Gasteiger partial charge in [0.15, 0.2) is 0 Å². The third-order valence-electron chi connectivity index (χ3n) is 2.88. The lowest BCUT2D eigenvalue weighted by atomic mass is 10.0. The van der Waals surface area contributed by atoms with E-state index in [2.05, 4.69) is 25.2 Å². The Kier molecular flexibility index (Phi) is 4.43. The van der Waals surface area contributed by atoms with E-state index in [1.54, 1.807) is 0 Å². The molecule has 1 saturated heterocycles. The van der Waals surface area contributed by atoms with Crippen molar-refractivity contribution in [3.05, 3.63) is 12.4 Å². The van der Waals surface area contributed by atoms with Crippen LogP contribution in [0.5, 0.6) is 0 Å². The minimum atomic E-state index is -3.39. The van der Waals surface area contributed by atoms with Crippen LogP contribution in [0.3, 0.4) is 0 Å². The zero-order valence-corrected chi connectivity index (χ0v) is 10.9. The van der Waals surface area contributed by atoms with Crippen molar-refractivity contribution in [3.8, 4) is 0 Å². The molecule has 2 heterocycles. The minimum absolute atomic E-state index is 0.0223. The summed E-state index contributed by atoms with van der Waals surface area (Å²) in [6.45, 7) is 0.976. The molecule has 1 aromatic rings. The molecule has 1 aliphatic rings. The Morgan fingerprint density at radius 2 is 2.28 bits per heavy atom. The highest BCUT2D eigenvalue weighted by Gasteiger charge is 2.18. The van der Waals surface area contributed by atoms with Crippen molar-refractivity contribution in [1.82, 2.24) is 20.5 Å². The van der Waals surface area contributed by atoms with Crippen molar-refractivity contribution < 1.29 is 8.42 Å². The maximum absolute atomic E-state index is 11.8. The third kappa shape index (κ3) is 4.19. The van der Waals surface area contributed by atoms with Gasteiger partial charge >= 0.3 is 0 Å². The first kappa shape index (κ1) is 13.2. The monoisotopic (exact) mass is 271 g/mol. The molecule has 1 atom stereocenters. The van der Waals surface area contributed by atoms with Crippen molar-refractivity contribution in [2.24, 2.45) is 0 Å². The van der Waals surface area contributed by atoms with Gasteiger partial charge in [-0.15, -0.1) is 5.10 Å². The van der Waals surface area contributed by atoms with Crippen LogP contribution in [0, 0.1) is 0 Å². The molecule has 0 aliphatic carbocycles. The average molecular weight is 271 g/mol. The van der Waals surface area contributed by atoms with Crippen LogP contribution in [0.25, 0.3) is 0 Å². The second-order valence-corrected chi connectivity index (χ2v) is 6.16. The maximum atomic E-state index is 11.8. The molecule has 0 bridgehead atoms. The molecule has 0 spiro atoms. The van der Waals surface area contributed by atoms with Gasteiger partial charge in [0.2, 0.25) is 10.0 Å². The van der Waals surface area contributed by atoms with Crippen molar-refractivity contribution >= 4 is 16.0 Å². The first-order valence-electron chi connectivity index (χ1n) is 6.03. The zero-order chi connectivity index (χ0) is 12.8. The average Bonchev–Trinajstić information content (AvgIpc) is 2.38. The van der Waals surface area contributed by atoms with Crippen molar-refractivity contribution in [1.29, 1.82) is 0 Å². The SMILES string of the molecule is O=S(=O)(CCC1CCCCN1)Nc1nccnn1. The molecule has 18 heavy (non-hydrogen) atoms. The van der Waals surface area contributed by atoms with Crippen LogP contribution >= 0.6 is 0 Å². The van der Waals surface area contributed by atoms with E-state index in [0.29, 0.717) is 12.5 Å². The summed E-state index contributed by atoms with van der Waals surface area (Å²) in [5.41, 5.74) is 0. The zero-order valence-electron chi connectivity index (χ0n) is 10.0. The number of sulfonamides is 1. The fourth-order valence-corrected chi connectivity index (χ4v) is 3.02. The molecule has 1 fully saturated rings. The van der Waals surface area contributed by atoms with Crippen LogP contribution in [-0.2, 0) is 10.0 Å². The highest BCUT2D eigenvalue weighted by Crippen LogP contribution is 2.11. The Hall–Kier alpha value is -1.28. The Morgan fingerprint density at radius 1 is 1.39 bits per heavy atom. The summed E-state index contributed by atoms with van der Waals surface area (Å²) in [6.07, 6.45) is 6.77. The van der Waals surface area contributed by atoms with Gasteiger partial charge in [0.05, 0.1) is 18.1 Å². The molecule has 0 amide bonds. The quantitative estimate of drug-likeness (QED) is 0.791. The normalized spacial score (nSPS) is 20.6. The molecule has 2 rings (SSSR count). The Labute approximate surface area is 106 Å². The predicted molar refractivity (Wildman–Crippen MR) is 67.5 cm³/mol. The molecule has 1 aliphatic heterocycles. The van der Waals surface area contributed by atoms with Gasteiger partial charge in [0.1, 0.15) is 0 Å². The standard InChI is InChI=1S/C10H17N5O2S/c16-18(17,15-10-12-6-7-13-14-10)8-4-9-3-1-2-5-11-9/h6-7,9,11H,1-5,8H2,(H,12,14,15). The number of piperidine rings is 1. The molecular weight excluding hydrogens is 254 g/mol. The van der Waals surface area contributed by atoms with Crippen molar-refractivity contribution in [2.75, 3.05) is 17.0 Å². The molecule has 1 aromatic heterocycles. The summed E-state index contributed by atoms with van der Waals surface area (Å²) in [7, 11) is -3.39. The number of aromatic nitrogens is 3. The molecule has 0 aromatic carbocycles. The van der Waals surface area contributed by atoms with Gasteiger partial charge in [0.25, 0.3) is 5.95 Å². The number of anilines is 1. The lowest BCUT2D eigenvalue weighted by molar-refractivity contribution is 0.393. The van der Waals surface area contributed by atoms with E-state index in [1.165, 1.54) is 18.8 Å². The maximum Gasteiger partial charge on any atom is 0.256 e. The fourth-order valence-electron chi connectivity index (χ4n) is 1.95. The van der Waals surface area contributed by atoms with Crippen LogP contribution < -0.4 is 10.0 Å². The fraction of sp³-hybridized carbons (Fsp3) is 0.700. The summed E-state index contributed by atoms with van der Waals surface area (Å²) >= 11 is 0. The highest BCUT2D eigenvalue weighted by molar-refractivity contribution is 7.92. The van der Waals surface area contributed by atoms with Gasteiger partial charge in [-0.3, -0.25) is 0 Å². The lowest BCUT2D eigenvalue weighted by Crippen LogP contribution is -2.36. The van der Waals surface area contributed by atoms with Crippen LogP contribution in [-0.4, -0.2) is 41.9 Å². The van der Waals surface area contributed by atoms with Crippen LogP contribution in [0.2, 0.25) is 0 Å². The number of nitrogens with one attached hydrogen (secondary N) is 2. The first-order chi connectivity index (χ1) is 8.66. The van der Waals surface area contributed by atoms with Gasteiger partial charge in [-0.05, 0) is 25.8 Å². The topological polar surface area (TPSA) is 96.9 Å². The molecule has 100 valence electrons. The molecule has 2 N–H and O–H groups in total. The number of hydrogen-bond donors (Lipinski definition) is 2. The van der Waals surface area contributed by atoms with Gasteiger partial charge in [-0.1, -0.05) is 6.42 Å². The summed E-state index contributed by atoms with van der Waals surface area (Å²) in [6, 6.07) is 0.296. The van der Waals surface area contributed by atoms with Gasteiger partial charge in [0, 0.05) is 6.04 Å². The van der Waals surface area contributed by atoms with Crippen LogP contribution in [0.15, 0.2) is 12.4 Å². The molecule has 1 unspecified atom stereocenters.